The minimum absolute atomic E-state index is 0.0188. The van der Waals surface area contributed by atoms with E-state index >= 15 is 0 Å². The Morgan fingerprint density at radius 1 is 1.00 bits per heavy atom. The molecule has 0 unspecified atom stereocenters. The molecule has 0 atom stereocenters. The fraction of sp³-hybridized carbons (Fsp3) is 0.133. The van der Waals surface area contributed by atoms with Crippen LogP contribution in [0.1, 0.15) is 10.6 Å². The third kappa shape index (κ3) is 5.76. The molecule has 0 aliphatic carbocycles. The highest BCUT2D eigenvalue weighted by molar-refractivity contribution is 9.10. The summed E-state index contributed by atoms with van der Waals surface area (Å²) >= 11 is 3.28. The molecule has 9 heteroatoms. The average molecular weight is 397 g/mol. The molecule has 1 heterocycles. The highest BCUT2D eigenvalue weighted by atomic mass is 79.9. The smallest absolute Gasteiger partial charge is 0.374 e. The molecule has 24 heavy (non-hydrogen) atoms. The van der Waals surface area contributed by atoms with Crippen LogP contribution in [0.2, 0.25) is 0 Å². The van der Waals surface area contributed by atoms with E-state index in [1.165, 1.54) is 18.4 Å². The topological polar surface area (TPSA) is 107 Å². The zero-order valence-electron chi connectivity index (χ0n) is 12.3. The highest BCUT2D eigenvalue weighted by Gasteiger charge is 2.13. The second-order valence-electron chi connectivity index (χ2n) is 4.39. The number of hydrogen-bond acceptors (Lipinski definition) is 6. The summed E-state index contributed by atoms with van der Waals surface area (Å²) in [7, 11) is 0. The largest absolute Gasteiger partial charge is 0.484 e. The number of carbonyl (C=O) groups is 3. The molecule has 0 saturated carbocycles. The van der Waals surface area contributed by atoms with E-state index in [1.54, 1.807) is 24.3 Å². The molecule has 1 aromatic heterocycles. The summed E-state index contributed by atoms with van der Waals surface area (Å²) < 4.78 is 15.6. The monoisotopic (exact) mass is 396 g/mol. The minimum Gasteiger partial charge on any atom is -0.484 e. The fourth-order valence-electron chi connectivity index (χ4n) is 1.49. The maximum absolute atomic E-state index is 11.5. The van der Waals surface area contributed by atoms with Crippen molar-refractivity contribution in [2.45, 2.75) is 0 Å². The van der Waals surface area contributed by atoms with Gasteiger partial charge in [0, 0.05) is 4.47 Å². The van der Waals surface area contributed by atoms with E-state index in [1.807, 2.05) is 0 Å². The lowest BCUT2D eigenvalue weighted by Gasteiger charge is -2.09. The maximum Gasteiger partial charge on any atom is 0.374 e. The molecule has 8 nitrogen and oxygen atoms in total. The standard InChI is InChI=1S/C15H13BrN2O6/c16-10-3-5-11(6-4-10)23-8-13(19)17-18-14(20)9-24-15(21)12-2-1-7-22-12/h1-7H,8-9H2,(H,17,19)(H,18,20). The fourth-order valence-corrected chi connectivity index (χ4v) is 1.75. The molecular weight excluding hydrogens is 384 g/mol. The number of rotatable bonds is 6. The van der Waals surface area contributed by atoms with Gasteiger partial charge in [-0.2, -0.15) is 0 Å². The van der Waals surface area contributed by atoms with Gasteiger partial charge < -0.3 is 13.9 Å². The van der Waals surface area contributed by atoms with Crippen LogP contribution in [0.15, 0.2) is 51.6 Å². The predicted molar refractivity (Wildman–Crippen MR) is 84.9 cm³/mol. The summed E-state index contributed by atoms with van der Waals surface area (Å²) in [6.45, 7) is -0.846. The van der Waals surface area contributed by atoms with Gasteiger partial charge in [-0.05, 0) is 36.4 Å². The summed E-state index contributed by atoms with van der Waals surface area (Å²) in [5, 5.41) is 0. The lowest BCUT2D eigenvalue weighted by Crippen LogP contribution is -2.45. The van der Waals surface area contributed by atoms with Crippen molar-refractivity contribution in [1.29, 1.82) is 0 Å². The van der Waals surface area contributed by atoms with E-state index in [0.717, 1.165) is 4.47 Å². The lowest BCUT2D eigenvalue weighted by molar-refractivity contribution is -0.131. The SMILES string of the molecule is O=C(COC(=O)c1ccco1)NNC(=O)COc1ccc(Br)cc1. The Hall–Kier alpha value is -2.81. The van der Waals surface area contributed by atoms with Gasteiger partial charge in [0.25, 0.3) is 11.8 Å². The van der Waals surface area contributed by atoms with Crippen LogP contribution >= 0.6 is 15.9 Å². The van der Waals surface area contributed by atoms with Crippen molar-refractivity contribution in [2.75, 3.05) is 13.2 Å². The highest BCUT2D eigenvalue weighted by Crippen LogP contribution is 2.15. The zero-order chi connectivity index (χ0) is 17.4. The van der Waals surface area contributed by atoms with Crippen molar-refractivity contribution in [2.24, 2.45) is 0 Å². The third-order valence-corrected chi connectivity index (χ3v) is 3.11. The van der Waals surface area contributed by atoms with Crippen LogP contribution < -0.4 is 15.6 Å². The van der Waals surface area contributed by atoms with Gasteiger partial charge in [0.2, 0.25) is 5.76 Å². The molecule has 0 aliphatic heterocycles. The molecule has 0 saturated heterocycles. The molecular formula is C15H13BrN2O6. The first-order chi connectivity index (χ1) is 11.5. The third-order valence-electron chi connectivity index (χ3n) is 2.58. The second kappa shape index (κ2) is 8.73. The van der Waals surface area contributed by atoms with E-state index in [-0.39, 0.29) is 12.4 Å². The number of amides is 2. The van der Waals surface area contributed by atoms with E-state index in [2.05, 4.69) is 31.5 Å². The number of nitrogens with one attached hydrogen (secondary N) is 2. The van der Waals surface area contributed by atoms with Crippen molar-refractivity contribution >= 4 is 33.7 Å². The molecule has 2 aromatic rings. The number of ether oxygens (including phenoxy) is 2. The number of carbonyl (C=O) groups excluding carboxylic acids is 3. The molecule has 2 rings (SSSR count). The molecule has 2 N–H and O–H groups in total. The van der Waals surface area contributed by atoms with Gasteiger partial charge in [-0.3, -0.25) is 20.4 Å². The summed E-state index contributed by atoms with van der Waals surface area (Å²) in [5.41, 5.74) is 4.23. The number of hydrogen-bond donors (Lipinski definition) is 2. The zero-order valence-corrected chi connectivity index (χ0v) is 13.9. The van der Waals surface area contributed by atoms with Gasteiger partial charge in [-0.1, -0.05) is 15.9 Å². The van der Waals surface area contributed by atoms with Gasteiger partial charge in [0.15, 0.2) is 13.2 Å². The van der Waals surface area contributed by atoms with Crippen LogP contribution in [0.25, 0.3) is 0 Å². The lowest BCUT2D eigenvalue weighted by atomic mass is 10.3. The first kappa shape index (κ1) is 17.5. The maximum atomic E-state index is 11.5. The molecule has 0 spiro atoms. The Bertz CT molecular complexity index is 699. The number of benzene rings is 1. The number of halogens is 1. The van der Waals surface area contributed by atoms with Crippen LogP contribution in [0.5, 0.6) is 5.75 Å². The van der Waals surface area contributed by atoms with E-state index in [9.17, 15) is 14.4 Å². The van der Waals surface area contributed by atoms with Gasteiger partial charge in [-0.25, -0.2) is 4.79 Å². The molecule has 1 aromatic carbocycles. The predicted octanol–water partition coefficient (Wildman–Crippen LogP) is 1.43. The summed E-state index contributed by atoms with van der Waals surface area (Å²) in [6, 6.07) is 9.82. The van der Waals surface area contributed by atoms with Crippen LogP contribution in [0, 0.1) is 0 Å². The van der Waals surface area contributed by atoms with Gasteiger partial charge in [-0.15, -0.1) is 0 Å². The first-order valence-corrected chi connectivity index (χ1v) is 7.50. The summed E-state index contributed by atoms with van der Waals surface area (Å²) in [6.07, 6.45) is 1.31. The van der Waals surface area contributed by atoms with Crippen molar-refractivity contribution in [3.05, 3.63) is 52.9 Å². The van der Waals surface area contributed by atoms with E-state index in [0.29, 0.717) is 5.75 Å². The molecule has 0 aliphatic rings. The van der Waals surface area contributed by atoms with Crippen LogP contribution in [-0.4, -0.2) is 31.0 Å². The van der Waals surface area contributed by atoms with Crippen LogP contribution in [0.3, 0.4) is 0 Å². The van der Waals surface area contributed by atoms with Crippen molar-refractivity contribution in [1.82, 2.24) is 10.9 Å². The molecule has 0 fully saturated rings. The van der Waals surface area contributed by atoms with Gasteiger partial charge >= 0.3 is 5.97 Å². The second-order valence-corrected chi connectivity index (χ2v) is 5.31. The van der Waals surface area contributed by atoms with Crippen LogP contribution in [-0.2, 0) is 14.3 Å². The normalized spacial score (nSPS) is 9.88. The molecule has 126 valence electrons. The Kier molecular flexibility index (Phi) is 6.38. The number of hydrazine groups is 1. The average Bonchev–Trinajstić information content (AvgIpc) is 3.12. The van der Waals surface area contributed by atoms with Crippen molar-refractivity contribution < 1.29 is 28.3 Å². The van der Waals surface area contributed by atoms with E-state index < -0.39 is 24.4 Å². The van der Waals surface area contributed by atoms with Crippen molar-refractivity contribution in [3.63, 3.8) is 0 Å². The van der Waals surface area contributed by atoms with E-state index in [4.69, 9.17) is 9.15 Å². The van der Waals surface area contributed by atoms with Gasteiger partial charge in [0.05, 0.1) is 6.26 Å². The summed E-state index contributed by atoms with van der Waals surface area (Å²) in [4.78, 5) is 34.4. The minimum atomic E-state index is -0.778. The Labute approximate surface area is 145 Å². The molecule has 0 radical (unpaired) electrons. The Balaban J connectivity index is 1.63. The first-order valence-electron chi connectivity index (χ1n) is 6.71. The van der Waals surface area contributed by atoms with Gasteiger partial charge in [0.1, 0.15) is 5.75 Å². The number of esters is 1. The molecule has 2 amide bonds. The van der Waals surface area contributed by atoms with Crippen molar-refractivity contribution in [3.8, 4) is 5.75 Å². The number of furan rings is 1. The Morgan fingerprint density at radius 2 is 1.67 bits per heavy atom. The quantitative estimate of drug-likeness (QED) is 0.564. The van der Waals surface area contributed by atoms with Crippen LogP contribution in [0.4, 0.5) is 0 Å². The Morgan fingerprint density at radius 3 is 2.29 bits per heavy atom. The summed E-state index contributed by atoms with van der Waals surface area (Å²) in [5.74, 6) is -1.56. The molecule has 0 bridgehead atoms.